The molecular weight excluding hydrogens is 235 g/mol. The number of hydrogen-bond acceptors (Lipinski definition) is 6. The number of hydrogen-bond donors (Lipinski definition) is 2. The molecule has 3 heterocycles. The minimum absolute atomic E-state index is 0.0955. The van der Waals surface area contributed by atoms with E-state index in [0.29, 0.717) is 0 Å². The van der Waals surface area contributed by atoms with Crippen molar-refractivity contribution >= 4 is 0 Å². The van der Waals surface area contributed by atoms with E-state index < -0.39 is 35.9 Å². The van der Waals surface area contributed by atoms with E-state index in [9.17, 15) is 14.3 Å². The molecule has 8 heteroatoms. The van der Waals surface area contributed by atoms with E-state index >= 15 is 0 Å². The molecule has 92 valence electrons. The Kier molecular flexibility index (Phi) is 2.18. The third-order valence-electron chi connectivity index (χ3n) is 2.88. The van der Waals surface area contributed by atoms with Gasteiger partial charge in [0.05, 0.1) is 12.8 Å². The van der Waals surface area contributed by atoms with Crippen molar-refractivity contribution in [3.63, 3.8) is 0 Å². The van der Waals surface area contributed by atoms with E-state index in [0.717, 1.165) is 6.20 Å². The van der Waals surface area contributed by atoms with Gasteiger partial charge in [0, 0.05) is 0 Å². The Balaban J connectivity index is 2.02. The van der Waals surface area contributed by atoms with Crippen LogP contribution in [0.2, 0.25) is 0 Å². The molecule has 17 heavy (non-hydrogen) atoms. The highest BCUT2D eigenvalue weighted by Gasteiger charge is 2.51. The molecule has 0 spiro atoms. The zero-order chi connectivity index (χ0) is 12.2. The number of ether oxygens (including phenoxy) is 2. The largest absolute Gasteiger partial charge is 0.453 e. The van der Waals surface area contributed by atoms with Crippen molar-refractivity contribution in [2.75, 3.05) is 6.61 Å². The summed E-state index contributed by atoms with van der Waals surface area (Å²) in [5.74, 6) is -1.02. The van der Waals surface area contributed by atoms with Crippen LogP contribution in [0.4, 0.5) is 4.39 Å². The first-order chi connectivity index (χ1) is 8.11. The van der Waals surface area contributed by atoms with Gasteiger partial charge in [0.15, 0.2) is 12.3 Å². The van der Waals surface area contributed by atoms with Gasteiger partial charge in [0.1, 0.15) is 12.2 Å². The first-order valence-corrected chi connectivity index (χ1v) is 5.01. The third kappa shape index (κ3) is 1.38. The summed E-state index contributed by atoms with van der Waals surface area (Å²) in [6.45, 7) is -0.372. The fraction of sp³-hybridized carbons (Fsp3) is 0.556. The SMILES string of the molecule is O=c1nc2n(cc1F)[C@@H]1O[C@H](CO)[C@@H](O)[C@@H]1O2. The molecule has 0 saturated carbocycles. The molecule has 1 aromatic heterocycles. The smallest absolute Gasteiger partial charge is 0.311 e. The fourth-order valence-corrected chi connectivity index (χ4v) is 2.04. The van der Waals surface area contributed by atoms with Crippen LogP contribution in [0, 0.1) is 5.82 Å². The standard InChI is InChI=1S/C9H9FN2O5/c10-3-1-12-8-6(5(14)4(2-13)16-8)17-9(12)11-7(3)15/h1,4-6,8,13-14H,2H2/t4-,5-,6+,8-/m1/s1. The van der Waals surface area contributed by atoms with Gasteiger partial charge in [0.25, 0.3) is 0 Å². The zero-order valence-electron chi connectivity index (χ0n) is 8.49. The summed E-state index contributed by atoms with van der Waals surface area (Å²) < 4.78 is 24.8. The zero-order valence-corrected chi connectivity index (χ0v) is 8.49. The van der Waals surface area contributed by atoms with Crippen LogP contribution in [0.1, 0.15) is 6.23 Å². The topological polar surface area (TPSA) is 93.8 Å². The van der Waals surface area contributed by atoms with Crippen LogP contribution in [-0.2, 0) is 4.74 Å². The lowest BCUT2D eigenvalue weighted by molar-refractivity contribution is -0.0437. The van der Waals surface area contributed by atoms with Crippen LogP contribution in [0.15, 0.2) is 11.0 Å². The predicted molar refractivity (Wildman–Crippen MR) is 49.9 cm³/mol. The van der Waals surface area contributed by atoms with E-state index in [1.807, 2.05) is 0 Å². The van der Waals surface area contributed by atoms with Crippen LogP contribution in [0.5, 0.6) is 6.01 Å². The first kappa shape index (κ1) is 10.6. The number of nitrogens with zero attached hydrogens (tertiary/aromatic N) is 2. The van der Waals surface area contributed by atoms with E-state index in [-0.39, 0.29) is 12.6 Å². The van der Waals surface area contributed by atoms with Gasteiger partial charge in [-0.3, -0.25) is 9.36 Å². The Labute approximate surface area is 94.0 Å². The average Bonchev–Trinajstić information content (AvgIpc) is 2.78. The Morgan fingerprint density at radius 3 is 3.06 bits per heavy atom. The third-order valence-corrected chi connectivity index (χ3v) is 2.88. The number of fused-ring (bicyclic) bond motifs is 3. The maximum atomic E-state index is 13.1. The number of aromatic nitrogens is 2. The van der Waals surface area contributed by atoms with Crippen LogP contribution < -0.4 is 10.3 Å². The molecular formula is C9H9FN2O5. The van der Waals surface area contributed by atoms with Crippen molar-refractivity contribution in [2.45, 2.75) is 24.5 Å². The van der Waals surface area contributed by atoms with Gasteiger partial charge >= 0.3 is 11.6 Å². The number of aliphatic hydroxyl groups excluding tert-OH is 2. The normalized spacial score (nSPS) is 34.3. The van der Waals surface area contributed by atoms with Crippen LogP contribution in [-0.4, -0.2) is 44.7 Å². The Bertz CT molecular complexity index is 519. The summed E-state index contributed by atoms with van der Waals surface area (Å²) in [7, 11) is 0. The quantitative estimate of drug-likeness (QED) is 0.617. The monoisotopic (exact) mass is 244 g/mol. The van der Waals surface area contributed by atoms with Gasteiger partial charge in [-0.15, -0.1) is 0 Å². The highest BCUT2D eigenvalue weighted by Crippen LogP contribution is 2.38. The molecule has 1 aromatic rings. The minimum Gasteiger partial charge on any atom is -0.453 e. The molecule has 0 bridgehead atoms. The molecule has 2 aliphatic rings. The lowest BCUT2D eigenvalue weighted by Gasteiger charge is -2.13. The van der Waals surface area contributed by atoms with Crippen LogP contribution >= 0.6 is 0 Å². The summed E-state index contributed by atoms with van der Waals surface area (Å²) in [5.41, 5.74) is -1.02. The molecule has 0 aliphatic carbocycles. The Morgan fingerprint density at radius 2 is 2.35 bits per heavy atom. The van der Waals surface area contributed by atoms with Gasteiger partial charge in [-0.05, 0) is 0 Å². The van der Waals surface area contributed by atoms with E-state index in [1.165, 1.54) is 4.57 Å². The summed E-state index contributed by atoms with van der Waals surface area (Å²) in [6, 6.07) is -0.0955. The maximum Gasteiger partial charge on any atom is 0.311 e. The van der Waals surface area contributed by atoms with Gasteiger partial charge in [-0.1, -0.05) is 0 Å². The van der Waals surface area contributed by atoms with Crippen molar-refractivity contribution < 1.29 is 24.1 Å². The van der Waals surface area contributed by atoms with Crippen molar-refractivity contribution in [1.82, 2.24) is 9.55 Å². The minimum atomic E-state index is -1.05. The van der Waals surface area contributed by atoms with Gasteiger partial charge in [0.2, 0.25) is 5.82 Å². The second-order valence-corrected chi connectivity index (χ2v) is 3.90. The molecule has 7 nitrogen and oxygen atoms in total. The van der Waals surface area contributed by atoms with Gasteiger partial charge < -0.3 is 19.7 Å². The number of halogens is 1. The summed E-state index contributed by atoms with van der Waals surface area (Å²) in [6.07, 6.45) is -2.49. The fourth-order valence-electron chi connectivity index (χ4n) is 2.04. The van der Waals surface area contributed by atoms with Gasteiger partial charge in [-0.25, -0.2) is 0 Å². The molecule has 2 aliphatic heterocycles. The molecule has 0 unspecified atom stereocenters. The van der Waals surface area contributed by atoms with E-state index in [4.69, 9.17) is 14.6 Å². The van der Waals surface area contributed by atoms with Crippen molar-refractivity contribution in [3.05, 3.63) is 22.4 Å². The molecule has 4 atom stereocenters. The molecule has 0 radical (unpaired) electrons. The summed E-state index contributed by atoms with van der Waals surface area (Å²) in [4.78, 5) is 14.4. The lowest BCUT2D eigenvalue weighted by atomic mass is 10.1. The molecule has 1 fully saturated rings. The van der Waals surface area contributed by atoms with Gasteiger partial charge in [-0.2, -0.15) is 9.37 Å². The Morgan fingerprint density at radius 1 is 1.59 bits per heavy atom. The highest BCUT2D eigenvalue weighted by molar-refractivity contribution is 5.11. The van der Waals surface area contributed by atoms with Crippen molar-refractivity contribution in [1.29, 1.82) is 0 Å². The molecule has 2 N–H and O–H groups in total. The summed E-state index contributed by atoms with van der Waals surface area (Å²) >= 11 is 0. The maximum absolute atomic E-state index is 13.1. The molecule has 1 saturated heterocycles. The van der Waals surface area contributed by atoms with E-state index in [2.05, 4.69) is 4.98 Å². The first-order valence-electron chi connectivity index (χ1n) is 5.01. The van der Waals surface area contributed by atoms with Crippen molar-refractivity contribution in [2.24, 2.45) is 0 Å². The average molecular weight is 244 g/mol. The summed E-state index contributed by atoms with van der Waals surface area (Å²) in [5, 5.41) is 18.7. The van der Waals surface area contributed by atoms with E-state index in [1.54, 1.807) is 0 Å². The predicted octanol–water partition coefficient (Wildman–Crippen LogP) is -1.61. The van der Waals surface area contributed by atoms with Crippen LogP contribution in [0.25, 0.3) is 0 Å². The Hall–Kier alpha value is -1.51. The van der Waals surface area contributed by atoms with Crippen molar-refractivity contribution in [3.8, 4) is 6.01 Å². The molecule has 0 amide bonds. The van der Waals surface area contributed by atoms with Crippen LogP contribution in [0.3, 0.4) is 0 Å². The number of rotatable bonds is 1. The molecule has 3 rings (SSSR count). The second-order valence-electron chi connectivity index (χ2n) is 3.90. The molecule has 0 aromatic carbocycles. The number of aliphatic hydroxyl groups is 2. The lowest BCUT2D eigenvalue weighted by Crippen LogP contribution is -2.34. The highest BCUT2D eigenvalue weighted by atomic mass is 19.1. The second kappa shape index (κ2) is 3.49.